The SMILES string of the molecule is CC1CCC(NC(=O)C[C@@H](NC(N)=O)c2ccccc2F)CC1. The summed E-state index contributed by atoms with van der Waals surface area (Å²) in [4.78, 5) is 23.4. The Bertz CT molecular complexity index is 557. The van der Waals surface area contributed by atoms with Crippen LogP contribution in [0.25, 0.3) is 0 Å². The van der Waals surface area contributed by atoms with E-state index in [1.165, 1.54) is 6.07 Å². The van der Waals surface area contributed by atoms with Gasteiger partial charge in [0.15, 0.2) is 0 Å². The van der Waals surface area contributed by atoms with Crippen molar-refractivity contribution in [1.82, 2.24) is 10.6 Å². The summed E-state index contributed by atoms with van der Waals surface area (Å²) in [5, 5.41) is 5.43. The number of primary amides is 1. The van der Waals surface area contributed by atoms with Gasteiger partial charge < -0.3 is 16.4 Å². The lowest BCUT2D eigenvalue weighted by molar-refractivity contribution is -0.122. The Kier molecular flexibility index (Phi) is 5.96. The van der Waals surface area contributed by atoms with Crippen LogP contribution < -0.4 is 16.4 Å². The van der Waals surface area contributed by atoms with Crippen LogP contribution in [0.4, 0.5) is 9.18 Å². The highest BCUT2D eigenvalue weighted by atomic mass is 19.1. The molecule has 1 aliphatic rings. The van der Waals surface area contributed by atoms with Gasteiger partial charge in [-0.05, 0) is 37.7 Å². The van der Waals surface area contributed by atoms with Crippen LogP contribution in [0.2, 0.25) is 0 Å². The second-order valence-electron chi connectivity index (χ2n) is 6.31. The largest absolute Gasteiger partial charge is 0.353 e. The molecule has 2 rings (SSSR count). The summed E-state index contributed by atoms with van der Waals surface area (Å²) in [7, 11) is 0. The summed E-state index contributed by atoms with van der Waals surface area (Å²) in [5.41, 5.74) is 5.41. The molecular formula is C17H24FN3O2. The normalized spacial score (nSPS) is 22.2. The second kappa shape index (κ2) is 7.94. The molecule has 0 aromatic heterocycles. The third-order valence-corrected chi connectivity index (χ3v) is 4.37. The van der Waals surface area contributed by atoms with E-state index in [2.05, 4.69) is 17.6 Å². The summed E-state index contributed by atoms with van der Waals surface area (Å²) in [6.45, 7) is 2.21. The van der Waals surface area contributed by atoms with Crippen molar-refractivity contribution in [3.05, 3.63) is 35.6 Å². The molecule has 0 saturated heterocycles. The van der Waals surface area contributed by atoms with Gasteiger partial charge in [0.25, 0.3) is 0 Å². The highest BCUT2D eigenvalue weighted by Crippen LogP contribution is 2.24. The van der Waals surface area contributed by atoms with E-state index in [0.29, 0.717) is 5.92 Å². The summed E-state index contributed by atoms with van der Waals surface area (Å²) in [5.74, 6) is 0.0305. The quantitative estimate of drug-likeness (QED) is 0.779. The number of hydrogen-bond acceptors (Lipinski definition) is 2. The highest BCUT2D eigenvalue weighted by molar-refractivity contribution is 5.79. The first-order valence-electron chi connectivity index (χ1n) is 8.05. The van der Waals surface area contributed by atoms with Gasteiger partial charge in [0.05, 0.1) is 12.5 Å². The van der Waals surface area contributed by atoms with Crippen LogP contribution in [0.3, 0.4) is 0 Å². The molecule has 4 N–H and O–H groups in total. The van der Waals surface area contributed by atoms with Crippen LogP contribution in [-0.2, 0) is 4.79 Å². The van der Waals surface area contributed by atoms with E-state index in [1.807, 2.05) is 0 Å². The lowest BCUT2D eigenvalue weighted by Gasteiger charge is -2.27. The number of nitrogens with one attached hydrogen (secondary N) is 2. The standard InChI is InChI=1S/C17H24FN3O2/c1-11-6-8-12(9-7-11)20-16(22)10-15(21-17(19)23)13-4-2-3-5-14(13)18/h2-5,11-12,15H,6-10H2,1H3,(H,20,22)(H3,19,21,23)/t11?,12?,15-/m1/s1. The Hall–Kier alpha value is -2.11. The zero-order valence-corrected chi connectivity index (χ0v) is 13.3. The van der Waals surface area contributed by atoms with Crippen LogP contribution in [0, 0.1) is 11.7 Å². The van der Waals surface area contributed by atoms with Crippen molar-refractivity contribution >= 4 is 11.9 Å². The molecule has 0 heterocycles. The average Bonchev–Trinajstić information content (AvgIpc) is 2.49. The summed E-state index contributed by atoms with van der Waals surface area (Å²) in [6, 6.07) is 4.68. The Labute approximate surface area is 135 Å². The topological polar surface area (TPSA) is 84.2 Å². The molecule has 3 amide bonds. The molecule has 0 unspecified atom stereocenters. The van der Waals surface area contributed by atoms with Gasteiger partial charge in [-0.25, -0.2) is 9.18 Å². The molecule has 23 heavy (non-hydrogen) atoms. The van der Waals surface area contributed by atoms with Crippen LogP contribution in [0.1, 0.15) is 50.6 Å². The van der Waals surface area contributed by atoms with E-state index in [-0.39, 0.29) is 23.9 Å². The van der Waals surface area contributed by atoms with E-state index < -0.39 is 17.9 Å². The van der Waals surface area contributed by atoms with Crippen molar-refractivity contribution in [1.29, 1.82) is 0 Å². The Morgan fingerprint density at radius 1 is 1.26 bits per heavy atom. The maximum atomic E-state index is 13.9. The van der Waals surface area contributed by atoms with Crippen molar-refractivity contribution in [2.45, 2.75) is 51.1 Å². The molecule has 1 aromatic rings. The minimum Gasteiger partial charge on any atom is -0.353 e. The fourth-order valence-electron chi connectivity index (χ4n) is 3.04. The fourth-order valence-corrected chi connectivity index (χ4v) is 3.04. The Balaban J connectivity index is 1.98. The number of carbonyl (C=O) groups is 2. The number of halogens is 1. The summed E-state index contributed by atoms with van der Waals surface area (Å²) >= 11 is 0. The van der Waals surface area contributed by atoms with Gasteiger partial charge in [-0.3, -0.25) is 4.79 Å². The van der Waals surface area contributed by atoms with Gasteiger partial charge in [0.1, 0.15) is 5.82 Å². The number of hydrogen-bond donors (Lipinski definition) is 3. The minimum absolute atomic E-state index is 0.0318. The van der Waals surface area contributed by atoms with E-state index >= 15 is 0 Å². The first-order chi connectivity index (χ1) is 11.0. The number of benzene rings is 1. The summed E-state index contributed by atoms with van der Waals surface area (Å²) < 4.78 is 13.9. The fraction of sp³-hybridized carbons (Fsp3) is 0.529. The molecular weight excluding hydrogens is 297 g/mol. The van der Waals surface area contributed by atoms with Crippen molar-refractivity contribution in [2.24, 2.45) is 11.7 Å². The Morgan fingerprint density at radius 2 is 1.91 bits per heavy atom. The molecule has 1 aromatic carbocycles. The molecule has 1 atom stereocenters. The maximum absolute atomic E-state index is 13.9. The predicted molar refractivity (Wildman–Crippen MR) is 86.0 cm³/mol. The first-order valence-corrected chi connectivity index (χ1v) is 8.05. The van der Waals surface area contributed by atoms with Gasteiger partial charge in [0, 0.05) is 11.6 Å². The third-order valence-electron chi connectivity index (χ3n) is 4.37. The first kappa shape index (κ1) is 17.2. The van der Waals surface area contributed by atoms with Gasteiger partial charge >= 0.3 is 6.03 Å². The predicted octanol–water partition coefficient (Wildman–Crippen LogP) is 2.62. The maximum Gasteiger partial charge on any atom is 0.312 e. The lowest BCUT2D eigenvalue weighted by Crippen LogP contribution is -2.41. The number of carbonyl (C=O) groups excluding carboxylic acids is 2. The molecule has 1 fully saturated rings. The van der Waals surface area contributed by atoms with Crippen molar-refractivity contribution in [3.8, 4) is 0 Å². The van der Waals surface area contributed by atoms with Crippen molar-refractivity contribution in [3.63, 3.8) is 0 Å². The number of nitrogens with two attached hydrogens (primary N) is 1. The molecule has 1 aliphatic carbocycles. The van der Waals surface area contributed by atoms with Crippen LogP contribution in [0.5, 0.6) is 0 Å². The molecule has 126 valence electrons. The van der Waals surface area contributed by atoms with Gasteiger partial charge in [-0.2, -0.15) is 0 Å². The molecule has 5 nitrogen and oxygen atoms in total. The Morgan fingerprint density at radius 3 is 2.52 bits per heavy atom. The highest BCUT2D eigenvalue weighted by Gasteiger charge is 2.24. The average molecular weight is 321 g/mol. The van der Waals surface area contributed by atoms with Crippen molar-refractivity contribution in [2.75, 3.05) is 0 Å². The lowest BCUT2D eigenvalue weighted by atomic mass is 9.87. The molecule has 0 radical (unpaired) electrons. The number of urea groups is 1. The number of amides is 3. The smallest absolute Gasteiger partial charge is 0.312 e. The van der Waals surface area contributed by atoms with E-state index in [4.69, 9.17) is 5.73 Å². The van der Waals surface area contributed by atoms with E-state index in [0.717, 1.165) is 25.7 Å². The zero-order chi connectivity index (χ0) is 16.8. The molecule has 1 saturated carbocycles. The molecule has 0 spiro atoms. The number of rotatable bonds is 5. The minimum atomic E-state index is -0.780. The zero-order valence-electron chi connectivity index (χ0n) is 13.3. The molecule has 0 aliphatic heterocycles. The second-order valence-corrected chi connectivity index (χ2v) is 6.31. The molecule has 0 bridgehead atoms. The third kappa shape index (κ3) is 5.23. The molecule has 6 heteroatoms. The van der Waals surface area contributed by atoms with Gasteiger partial charge in [-0.15, -0.1) is 0 Å². The summed E-state index contributed by atoms with van der Waals surface area (Å²) in [6.07, 6.45) is 4.08. The van der Waals surface area contributed by atoms with E-state index in [1.54, 1.807) is 18.2 Å². The van der Waals surface area contributed by atoms with Crippen LogP contribution in [-0.4, -0.2) is 18.0 Å². The van der Waals surface area contributed by atoms with Crippen LogP contribution >= 0.6 is 0 Å². The van der Waals surface area contributed by atoms with Crippen LogP contribution in [0.15, 0.2) is 24.3 Å². The van der Waals surface area contributed by atoms with E-state index in [9.17, 15) is 14.0 Å². The monoisotopic (exact) mass is 321 g/mol. The van der Waals surface area contributed by atoms with Gasteiger partial charge in [0.2, 0.25) is 5.91 Å². The van der Waals surface area contributed by atoms with Gasteiger partial charge in [-0.1, -0.05) is 25.1 Å². The van der Waals surface area contributed by atoms with Crippen molar-refractivity contribution < 1.29 is 14.0 Å².